The zero-order chi connectivity index (χ0) is 12.3. The summed E-state index contributed by atoms with van der Waals surface area (Å²) in [4.78, 5) is 18.4. The van der Waals surface area contributed by atoms with Gasteiger partial charge >= 0.3 is 30.3 Å². The number of hydrogen-bond donors (Lipinski definition) is 2. The minimum absolute atomic E-state index is 0.144. The molecule has 0 saturated carbocycles. The second-order valence-corrected chi connectivity index (χ2v) is 6.76. The molecule has 0 aliphatic heterocycles. The number of rotatable bonds is 3. The molecule has 2 rings (SSSR count). The Balaban J connectivity index is 2.37. The quantitative estimate of drug-likeness (QED) is 0.390. The highest BCUT2D eigenvalue weighted by Gasteiger charge is 2.26. The van der Waals surface area contributed by atoms with Crippen LogP contribution in [0, 0.1) is 7.14 Å². The third kappa shape index (κ3) is 3.01. The lowest BCUT2D eigenvalue weighted by Gasteiger charge is -1.95. The highest BCUT2D eigenvalue weighted by molar-refractivity contribution is 7.98. The predicted molar refractivity (Wildman–Crippen MR) is 62.1 cm³/mol. The summed E-state index contributed by atoms with van der Waals surface area (Å²) in [5.41, 5.74) is -0.237. The lowest BCUT2D eigenvalue weighted by Crippen LogP contribution is -3.62. The Morgan fingerprint density at radius 3 is 2.65 bits per heavy atom. The van der Waals surface area contributed by atoms with Crippen LogP contribution in [0.25, 0.3) is 0 Å². The number of aromatic amines is 1. The number of benzene rings is 1. The van der Waals surface area contributed by atoms with Gasteiger partial charge in [0.15, 0.2) is 8.73 Å². The Labute approximate surface area is 113 Å². The van der Waals surface area contributed by atoms with Crippen LogP contribution in [0.3, 0.4) is 0 Å². The predicted octanol–water partition coefficient (Wildman–Crippen LogP) is -1.67. The van der Waals surface area contributed by atoms with Crippen molar-refractivity contribution >= 4 is 11.8 Å². The van der Waals surface area contributed by atoms with Crippen molar-refractivity contribution in [3.05, 3.63) is 47.8 Å². The fourth-order valence-corrected chi connectivity index (χ4v) is 3.71. The van der Waals surface area contributed by atoms with E-state index in [1.54, 1.807) is 6.26 Å². The average Bonchev–Trinajstić information content (AvgIpc) is 2.35. The molecule has 2 N–H and O–H groups in total. The molecule has 2 aromatic rings. The first-order chi connectivity index (χ1) is 8.20. The Morgan fingerprint density at radius 2 is 2.06 bits per heavy atom. The van der Waals surface area contributed by atoms with Crippen LogP contribution in [0.5, 0.6) is 5.88 Å². The molecule has 1 aromatic carbocycles. The van der Waals surface area contributed by atoms with Gasteiger partial charge in [-0.15, -0.1) is 0 Å². The Kier molecular flexibility index (Phi) is 4.06. The Hall–Kier alpha value is -1.02. The Bertz CT molecular complexity index is 571. The summed E-state index contributed by atoms with van der Waals surface area (Å²) in [5.74, 6) is -0.144. The number of halogens is 1. The highest BCUT2D eigenvalue weighted by atomic mass is 127. The first kappa shape index (κ1) is 12.4. The zero-order valence-corrected chi connectivity index (χ0v) is 11.9. The van der Waals surface area contributed by atoms with Gasteiger partial charge in [0.05, 0.1) is 0 Å². The van der Waals surface area contributed by atoms with Gasteiger partial charge in [-0.3, -0.25) is 9.78 Å². The van der Waals surface area contributed by atoms with Crippen molar-refractivity contribution in [1.29, 1.82) is 0 Å². The third-order valence-corrected chi connectivity index (χ3v) is 5.39. The van der Waals surface area contributed by atoms with Crippen LogP contribution in [0.2, 0.25) is 0 Å². The van der Waals surface area contributed by atoms with E-state index in [1.807, 2.05) is 30.3 Å². The highest BCUT2D eigenvalue weighted by Crippen LogP contribution is 2.08. The standard InChI is InChI=1S/C11H9IN2O2S/c1-17-11-13-9(15)8(10(16)14-11)12-7-5-3-2-4-6-7/h2-6H,1H3,(H-,13,14,15,16)/p+1. The van der Waals surface area contributed by atoms with Crippen LogP contribution in [0.1, 0.15) is 0 Å². The average molecular weight is 361 g/mol. The smallest absolute Gasteiger partial charge is 0.370 e. The van der Waals surface area contributed by atoms with Gasteiger partial charge < -0.3 is 5.11 Å². The van der Waals surface area contributed by atoms with E-state index in [4.69, 9.17) is 0 Å². The molecule has 0 amide bonds. The van der Waals surface area contributed by atoms with Crippen molar-refractivity contribution in [2.24, 2.45) is 0 Å². The van der Waals surface area contributed by atoms with Crippen LogP contribution < -0.4 is 26.8 Å². The van der Waals surface area contributed by atoms with Gasteiger partial charge in [0, 0.05) is 0 Å². The maximum atomic E-state index is 11.8. The number of hydrogen-bond acceptors (Lipinski definition) is 4. The van der Waals surface area contributed by atoms with E-state index in [-0.39, 0.29) is 11.4 Å². The van der Waals surface area contributed by atoms with Gasteiger partial charge in [0.25, 0.3) is 5.88 Å². The summed E-state index contributed by atoms with van der Waals surface area (Å²) in [6, 6.07) is 9.67. The number of nitrogens with one attached hydrogen (secondary N) is 1. The molecule has 0 spiro atoms. The van der Waals surface area contributed by atoms with Gasteiger partial charge in [0.1, 0.15) is 0 Å². The molecule has 0 fully saturated rings. The number of thioether (sulfide) groups is 1. The van der Waals surface area contributed by atoms with E-state index in [1.165, 1.54) is 11.8 Å². The summed E-state index contributed by atoms with van der Waals surface area (Å²) in [5, 5.41) is 10.2. The molecule has 4 nitrogen and oxygen atoms in total. The van der Waals surface area contributed by atoms with Gasteiger partial charge in [-0.05, 0) is 18.4 Å². The molecule has 6 heteroatoms. The third-order valence-electron chi connectivity index (χ3n) is 1.95. The molecular weight excluding hydrogens is 351 g/mol. The van der Waals surface area contributed by atoms with Crippen molar-refractivity contribution in [1.82, 2.24) is 9.97 Å². The van der Waals surface area contributed by atoms with Crippen molar-refractivity contribution in [3.8, 4) is 5.88 Å². The number of aromatic nitrogens is 2. The molecule has 1 aromatic heterocycles. The maximum Gasteiger partial charge on any atom is 0.370 e. The number of aromatic hydroxyl groups is 1. The number of H-pyrrole nitrogens is 1. The summed E-state index contributed by atoms with van der Waals surface area (Å²) in [7, 11) is 0. The van der Waals surface area contributed by atoms with Crippen LogP contribution in [-0.2, 0) is 0 Å². The summed E-state index contributed by atoms with van der Waals surface area (Å²) < 4.78 is 1.48. The van der Waals surface area contributed by atoms with Gasteiger partial charge in [-0.1, -0.05) is 30.0 Å². The van der Waals surface area contributed by atoms with E-state index < -0.39 is 21.2 Å². The van der Waals surface area contributed by atoms with Gasteiger partial charge in [-0.2, -0.15) is 4.98 Å². The summed E-state index contributed by atoms with van der Waals surface area (Å²) in [6.07, 6.45) is 1.80. The molecule has 0 aliphatic carbocycles. The monoisotopic (exact) mass is 361 g/mol. The van der Waals surface area contributed by atoms with Crippen molar-refractivity contribution in [3.63, 3.8) is 0 Å². The molecule has 0 saturated heterocycles. The van der Waals surface area contributed by atoms with E-state index in [0.717, 1.165) is 3.57 Å². The molecule has 17 heavy (non-hydrogen) atoms. The zero-order valence-electron chi connectivity index (χ0n) is 8.98. The Morgan fingerprint density at radius 1 is 1.35 bits per heavy atom. The van der Waals surface area contributed by atoms with E-state index in [0.29, 0.717) is 8.73 Å². The maximum absolute atomic E-state index is 11.8. The summed E-state index contributed by atoms with van der Waals surface area (Å²) >= 11 is 0.599. The molecular formula is C11H10IN2O2S+. The molecule has 0 aliphatic rings. The fraction of sp³-hybridized carbons (Fsp3) is 0.0909. The molecule has 0 radical (unpaired) electrons. The van der Waals surface area contributed by atoms with Crippen molar-refractivity contribution in [2.45, 2.75) is 5.16 Å². The first-order valence-corrected chi connectivity index (χ1v) is 8.16. The van der Waals surface area contributed by atoms with E-state index in [2.05, 4.69) is 9.97 Å². The van der Waals surface area contributed by atoms with Gasteiger partial charge in [-0.25, -0.2) is 0 Å². The minimum Gasteiger partial charge on any atom is -0.490 e. The number of nitrogens with zero attached hydrogens (tertiary/aromatic N) is 1. The van der Waals surface area contributed by atoms with Crippen LogP contribution in [0.15, 0.2) is 40.3 Å². The normalized spacial score (nSPS) is 10.4. The van der Waals surface area contributed by atoms with Crippen molar-refractivity contribution < 1.29 is 26.3 Å². The SMILES string of the molecule is CSc1nc(O)c([I+]c2ccccc2)c(=O)[nH]1. The summed E-state index contributed by atoms with van der Waals surface area (Å²) in [6.45, 7) is 0. The molecule has 1 heterocycles. The largest absolute Gasteiger partial charge is 0.490 e. The van der Waals surface area contributed by atoms with Crippen LogP contribution in [-0.4, -0.2) is 21.3 Å². The van der Waals surface area contributed by atoms with Crippen LogP contribution >= 0.6 is 11.8 Å². The fourth-order valence-electron chi connectivity index (χ4n) is 1.20. The van der Waals surface area contributed by atoms with Gasteiger partial charge in [0.2, 0.25) is 0 Å². The van der Waals surface area contributed by atoms with E-state index >= 15 is 0 Å². The second kappa shape index (κ2) is 5.54. The van der Waals surface area contributed by atoms with Crippen LogP contribution in [0.4, 0.5) is 0 Å². The lowest BCUT2D eigenvalue weighted by atomic mass is 10.4. The lowest BCUT2D eigenvalue weighted by molar-refractivity contribution is -0.600. The molecule has 0 unspecified atom stereocenters. The molecule has 0 bridgehead atoms. The van der Waals surface area contributed by atoms with Crippen molar-refractivity contribution in [2.75, 3.05) is 6.26 Å². The topological polar surface area (TPSA) is 66.0 Å². The molecule has 0 atom stereocenters. The molecule has 88 valence electrons. The second-order valence-electron chi connectivity index (χ2n) is 3.10. The minimum atomic E-state index is -0.698. The van der Waals surface area contributed by atoms with E-state index in [9.17, 15) is 9.90 Å². The first-order valence-electron chi connectivity index (χ1n) is 4.78.